The average Bonchev–Trinajstić information content (AvgIpc) is 3.78. The molecule has 2 aliphatic rings. The summed E-state index contributed by atoms with van der Waals surface area (Å²) in [6.45, 7) is 13.2. The minimum Gasteiger partial charge on any atom is -0.427 e. The van der Waals surface area contributed by atoms with Crippen molar-refractivity contribution in [3.8, 4) is 39.1 Å². The lowest BCUT2D eigenvalue weighted by Crippen LogP contribution is -2.22. The van der Waals surface area contributed by atoms with Crippen LogP contribution in [0.4, 0.5) is 30.7 Å². The third-order valence-electron chi connectivity index (χ3n) is 14.7. The van der Waals surface area contributed by atoms with Crippen molar-refractivity contribution in [2.24, 2.45) is 0 Å². The highest BCUT2D eigenvalue weighted by atomic mass is 19.4. The van der Waals surface area contributed by atoms with E-state index in [2.05, 4.69) is 10.3 Å². The Hall–Kier alpha value is -8.14. The number of H-pyrrole nitrogens is 1. The molecule has 2 heterocycles. The summed E-state index contributed by atoms with van der Waals surface area (Å²) in [6, 6.07) is 24.3. The number of aromatic nitrogens is 1. The molecule has 1 aliphatic carbocycles. The fourth-order valence-electron chi connectivity index (χ4n) is 10.8. The molecule has 0 unspecified atom stereocenters. The van der Waals surface area contributed by atoms with Gasteiger partial charge in [0.15, 0.2) is 17.7 Å². The Labute approximate surface area is 434 Å². The van der Waals surface area contributed by atoms with Gasteiger partial charge in [-0.05, 0) is 181 Å². The summed E-state index contributed by atoms with van der Waals surface area (Å²) < 4.78 is 105. The Morgan fingerprint density at radius 1 is 0.711 bits per heavy atom. The highest BCUT2D eigenvalue weighted by molar-refractivity contribution is 6.21. The number of carbonyl (C=O) groups is 4. The number of hydrogen-bond donors (Lipinski definition) is 2. The number of amides is 2. The standard InChI is InChI=1S/C60H49BF7N3O5/c1-30-21-45(22-31(2)52(30)55(56-34(5)50(28-72)35(6)70-56)57-33(4)32(3)36(7)71(57)61-68)76-51(74)10-8-9-37-11-13-38(14-12-37)46-19-20-47-49-26-39(42-24-43(59(62,63)64)27-44(25-42)60(65,66)67)15-16-40(49)23-41-17-18-48(54(46)53(41)47)58(75)69-29-73/h11-22,24-29,70H,8-10,23H2,1-7H3,(H,69,73,75)/q+1. The summed E-state index contributed by atoms with van der Waals surface area (Å²) in [5, 5.41) is 3.37. The summed E-state index contributed by atoms with van der Waals surface area (Å²) in [5.74, 6) is -0.769. The number of nitrogens with zero attached hydrogens (tertiary/aromatic N) is 1. The first kappa shape index (κ1) is 52.7. The maximum absolute atomic E-state index is 14.7. The molecule has 1 radical (unpaired) electrons. The van der Waals surface area contributed by atoms with Crippen LogP contribution in [0.3, 0.4) is 0 Å². The van der Waals surface area contributed by atoms with Crippen LogP contribution in [0.2, 0.25) is 0 Å². The van der Waals surface area contributed by atoms with Gasteiger partial charge in [0.25, 0.3) is 5.91 Å². The van der Waals surface area contributed by atoms with E-state index in [-0.39, 0.29) is 35.6 Å². The Kier molecular flexibility index (Phi) is 14.0. The third kappa shape index (κ3) is 9.60. The minimum atomic E-state index is -5.03. The van der Waals surface area contributed by atoms with Gasteiger partial charge >= 0.3 is 26.0 Å². The molecule has 2 amide bonds. The van der Waals surface area contributed by atoms with Crippen molar-refractivity contribution in [1.29, 1.82) is 0 Å². The molecular weight excluding hydrogens is 986 g/mol. The topological polar surface area (TPSA) is 108 Å². The Bertz CT molecular complexity index is 3660. The number of rotatable bonds is 13. The highest BCUT2D eigenvalue weighted by Gasteiger charge is 2.39. The molecule has 0 bridgehead atoms. The van der Waals surface area contributed by atoms with E-state index in [0.29, 0.717) is 106 Å². The van der Waals surface area contributed by atoms with Crippen molar-refractivity contribution in [1.82, 2.24) is 10.3 Å². The molecule has 76 heavy (non-hydrogen) atoms. The van der Waals surface area contributed by atoms with E-state index in [9.17, 15) is 49.8 Å². The number of aldehydes is 1. The van der Waals surface area contributed by atoms with E-state index < -0.39 is 35.4 Å². The van der Waals surface area contributed by atoms with Crippen molar-refractivity contribution in [2.45, 2.75) is 86.5 Å². The molecule has 1 aliphatic heterocycles. The number of aromatic amines is 1. The van der Waals surface area contributed by atoms with Crippen LogP contribution >= 0.6 is 0 Å². The van der Waals surface area contributed by atoms with Crippen LogP contribution in [0.15, 0.2) is 114 Å². The van der Waals surface area contributed by atoms with Crippen LogP contribution in [0.25, 0.3) is 49.7 Å². The number of aryl methyl sites for hydroxylation is 4. The van der Waals surface area contributed by atoms with Crippen LogP contribution in [0.1, 0.15) is 116 Å². The van der Waals surface area contributed by atoms with Gasteiger partial charge in [-0.15, -0.1) is 0 Å². The minimum absolute atomic E-state index is 0.0918. The number of hydrogen-bond acceptors (Lipinski definition) is 5. The number of carbonyl (C=O) groups excluding carboxylic acids is 4. The first-order chi connectivity index (χ1) is 36.0. The summed E-state index contributed by atoms with van der Waals surface area (Å²) in [5.41, 5.74) is 11.0. The van der Waals surface area contributed by atoms with Crippen molar-refractivity contribution in [3.05, 3.63) is 186 Å². The predicted molar refractivity (Wildman–Crippen MR) is 279 cm³/mol. The SMILES string of the molecule is CC1=C(C)/C(=C(/c2[nH]c(C)c(C=O)c2C)c2c(C)cc(OC(=O)CCCc3ccc(-c4ccc5c6c(ccc(C(=O)NC=O)c46)Cc4ccc(-c6cc(C(F)(F)F)cc(C(F)(F)F)c6)cc4-5)cc3)cc2C)[N+]([B]F)=C1C. The molecule has 6 aromatic carbocycles. The van der Waals surface area contributed by atoms with Gasteiger partial charge in [0.2, 0.25) is 6.41 Å². The summed E-state index contributed by atoms with van der Waals surface area (Å²) in [6.07, 6.45) is -7.59. The van der Waals surface area contributed by atoms with E-state index in [1.807, 2.05) is 78.8 Å². The van der Waals surface area contributed by atoms with Crippen molar-refractivity contribution >= 4 is 54.3 Å². The molecular formula is C60H49BF7N3O5+. The number of halogens is 7. The Balaban J connectivity index is 0.967. The van der Waals surface area contributed by atoms with Gasteiger partial charge in [0, 0.05) is 46.7 Å². The molecule has 1 aromatic heterocycles. The van der Waals surface area contributed by atoms with Crippen molar-refractivity contribution in [2.75, 3.05) is 0 Å². The van der Waals surface area contributed by atoms with Gasteiger partial charge < -0.3 is 9.72 Å². The van der Waals surface area contributed by atoms with Crippen LogP contribution in [-0.2, 0) is 34.8 Å². The van der Waals surface area contributed by atoms with E-state index in [0.717, 1.165) is 62.1 Å². The second-order valence-corrected chi connectivity index (χ2v) is 19.4. The number of esters is 1. The Morgan fingerprint density at radius 2 is 1.34 bits per heavy atom. The van der Waals surface area contributed by atoms with E-state index >= 15 is 0 Å². The second kappa shape index (κ2) is 20.2. The fraction of sp³-hybridized carbons (Fsp3) is 0.217. The maximum Gasteiger partial charge on any atom is 0.792 e. The maximum atomic E-state index is 14.7. The lowest BCUT2D eigenvalue weighted by molar-refractivity contribution is -0.320. The summed E-state index contributed by atoms with van der Waals surface area (Å²) in [4.78, 5) is 53.9. The monoisotopic (exact) mass is 1040 g/mol. The molecule has 0 spiro atoms. The zero-order valence-electron chi connectivity index (χ0n) is 42.4. The van der Waals surface area contributed by atoms with E-state index in [1.54, 1.807) is 42.5 Å². The summed E-state index contributed by atoms with van der Waals surface area (Å²) in [7, 11) is 0.540. The van der Waals surface area contributed by atoms with Gasteiger partial charge in [0.05, 0.1) is 22.4 Å². The molecule has 385 valence electrons. The van der Waals surface area contributed by atoms with Gasteiger partial charge in [0.1, 0.15) is 5.75 Å². The second-order valence-electron chi connectivity index (χ2n) is 19.4. The molecule has 0 atom stereocenters. The molecule has 16 heteroatoms. The first-order valence-electron chi connectivity index (χ1n) is 24.4. The number of fused-ring (bicyclic) bond motifs is 2. The molecule has 0 fully saturated rings. The number of imide groups is 1. The van der Waals surface area contributed by atoms with Gasteiger partial charge in [-0.25, -0.2) is 8.80 Å². The third-order valence-corrected chi connectivity index (χ3v) is 14.7. The first-order valence-corrected chi connectivity index (χ1v) is 24.4. The molecule has 2 N–H and O–H groups in total. The fourth-order valence-corrected chi connectivity index (χ4v) is 10.8. The van der Waals surface area contributed by atoms with Crippen LogP contribution in [0, 0.1) is 27.7 Å². The van der Waals surface area contributed by atoms with Crippen molar-refractivity contribution < 1.29 is 59.1 Å². The quantitative estimate of drug-likeness (QED) is 0.0393. The molecule has 0 saturated heterocycles. The smallest absolute Gasteiger partial charge is 0.427 e. The number of alkyl halides is 6. The van der Waals surface area contributed by atoms with Crippen LogP contribution in [0.5, 0.6) is 5.75 Å². The molecule has 9 rings (SSSR count). The zero-order valence-corrected chi connectivity index (χ0v) is 42.4. The molecule has 0 saturated carbocycles. The summed E-state index contributed by atoms with van der Waals surface area (Å²) >= 11 is 0. The number of benzene rings is 6. The lowest BCUT2D eigenvalue weighted by Gasteiger charge is -2.25. The van der Waals surface area contributed by atoms with E-state index in [1.165, 1.54) is 10.6 Å². The number of nitrogens with one attached hydrogen (secondary N) is 2. The molecule has 7 aromatic rings. The number of ether oxygens (including phenoxy) is 1. The van der Waals surface area contributed by atoms with Crippen LogP contribution < -0.4 is 10.1 Å². The lowest BCUT2D eigenvalue weighted by atomic mass is 9.79. The normalized spacial score (nSPS) is 14.0. The predicted octanol–water partition coefficient (Wildman–Crippen LogP) is 14.1. The van der Waals surface area contributed by atoms with Gasteiger partial charge in [-0.2, -0.15) is 26.3 Å². The van der Waals surface area contributed by atoms with Gasteiger partial charge in [-0.1, -0.05) is 54.6 Å². The molecule has 8 nitrogen and oxygen atoms in total. The highest BCUT2D eigenvalue weighted by Crippen LogP contribution is 2.47. The van der Waals surface area contributed by atoms with E-state index in [4.69, 9.17) is 4.74 Å². The van der Waals surface area contributed by atoms with Crippen molar-refractivity contribution in [3.63, 3.8) is 0 Å². The number of allylic oxidation sites excluding steroid dienone is 2. The average molecular weight is 1040 g/mol. The van der Waals surface area contributed by atoms with Gasteiger partial charge in [-0.3, -0.25) is 24.5 Å². The Morgan fingerprint density at radius 3 is 1.95 bits per heavy atom. The van der Waals surface area contributed by atoms with Crippen LogP contribution in [-0.4, -0.2) is 47.4 Å². The zero-order chi connectivity index (χ0) is 54.7. The largest absolute Gasteiger partial charge is 0.792 e.